The van der Waals surface area contributed by atoms with Crippen LogP contribution in [0.15, 0.2) is 0 Å². The third-order valence-corrected chi connectivity index (χ3v) is 6.28. The molecule has 0 aromatic carbocycles. The van der Waals surface area contributed by atoms with Crippen molar-refractivity contribution in [1.29, 1.82) is 0 Å². The Morgan fingerprint density at radius 3 is 2.45 bits per heavy atom. The van der Waals surface area contributed by atoms with E-state index in [9.17, 15) is 13.2 Å². The molecule has 0 amide bonds. The molecule has 8 heteroatoms. The summed E-state index contributed by atoms with van der Waals surface area (Å²) < 4.78 is 32.9. The van der Waals surface area contributed by atoms with Crippen LogP contribution in [-0.2, 0) is 19.7 Å². The summed E-state index contributed by atoms with van der Waals surface area (Å²) in [5.41, 5.74) is 0. The third-order valence-electron chi connectivity index (χ3n) is 4.27. The lowest BCUT2D eigenvalue weighted by molar-refractivity contribution is -0.142. The molecule has 7 nitrogen and oxygen atoms in total. The van der Waals surface area contributed by atoms with Crippen LogP contribution in [0, 0.1) is 11.8 Å². The molecule has 2 saturated heterocycles. The van der Waals surface area contributed by atoms with Gasteiger partial charge in [-0.05, 0) is 18.8 Å². The molecule has 2 atom stereocenters. The SMILES string of the molecule is CC1CCN(S(=O)(=O)N(C)C2COCC2C(=O)O)CC1. The maximum atomic E-state index is 12.6. The van der Waals surface area contributed by atoms with E-state index in [1.54, 1.807) is 0 Å². The fraction of sp³-hybridized carbons (Fsp3) is 0.917. The van der Waals surface area contributed by atoms with E-state index in [2.05, 4.69) is 6.92 Å². The average Bonchev–Trinajstić information content (AvgIpc) is 2.87. The number of carbonyl (C=O) groups is 1. The molecule has 0 aromatic rings. The van der Waals surface area contributed by atoms with Gasteiger partial charge in [0.2, 0.25) is 0 Å². The normalized spacial score (nSPS) is 29.9. The number of ether oxygens (including phenoxy) is 1. The minimum absolute atomic E-state index is 0.0664. The Labute approximate surface area is 119 Å². The highest BCUT2D eigenvalue weighted by Crippen LogP contribution is 2.25. The van der Waals surface area contributed by atoms with Crippen LogP contribution >= 0.6 is 0 Å². The van der Waals surface area contributed by atoms with Crippen LogP contribution in [0.5, 0.6) is 0 Å². The molecule has 20 heavy (non-hydrogen) atoms. The van der Waals surface area contributed by atoms with Crippen molar-refractivity contribution < 1.29 is 23.1 Å². The van der Waals surface area contributed by atoms with E-state index in [1.165, 1.54) is 15.7 Å². The highest BCUT2D eigenvalue weighted by Gasteiger charge is 2.43. The fourth-order valence-electron chi connectivity index (χ4n) is 2.71. The third kappa shape index (κ3) is 2.98. The molecule has 0 aliphatic carbocycles. The minimum Gasteiger partial charge on any atom is -0.481 e. The Bertz CT molecular complexity index is 458. The van der Waals surface area contributed by atoms with E-state index in [1.807, 2.05) is 0 Å². The van der Waals surface area contributed by atoms with Crippen molar-refractivity contribution in [2.75, 3.05) is 33.4 Å². The monoisotopic (exact) mass is 306 g/mol. The van der Waals surface area contributed by atoms with E-state index in [0.717, 1.165) is 12.8 Å². The van der Waals surface area contributed by atoms with E-state index >= 15 is 0 Å². The first kappa shape index (κ1) is 15.7. The number of hydrogen-bond donors (Lipinski definition) is 1. The quantitative estimate of drug-likeness (QED) is 0.789. The van der Waals surface area contributed by atoms with Gasteiger partial charge in [0, 0.05) is 20.1 Å². The van der Waals surface area contributed by atoms with Gasteiger partial charge in [-0.1, -0.05) is 6.92 Å². The zero-order valence-corrected chi connectivity index (χ0v) is 12.7. The van der Waals surface area contributed by atoms with E-state index in [0.29, 0.717) is 19.0 Å². The fourth-order valence-corrected chi connectivity index (χ4v) is 4.29. The van der Waals surface area contributed by atoms with Gasteiger partial charge < -0.3 is 9.84 Å². The highest BCUT2D eigenvalue weighted by atomic mass is 32.2. The Hall–Kier alpha value is -0.700. The van der Waals surface area contributed by atoms with Gasteiger partial charge in [-0.3, -0.25) is 4.79 Å². The summed E-state index contributed by atoms with van der Waals surface area (Å²) in [6, 6.07) is -0.628. The molecular formula is C12H22N2O5S. The molecule has 2 aliphatic rings. The summed E-state index contributed by atoms with van der Waals surface area (Å²) in [5.74, 6) is -1.27. The van der Waals surface area contributed by atoms with Gasteiger partial charge in [0.1, 0.15) is 0 Å². The molecule has 0 spiro atoms. The van der Waals surface area contributed by atoms with Crippen molar-refractivity contribution in [2.45, 2.75) is 25.8 Å². The maximum Gasteiger partial charge on any atom is 0.310 e. The predicted octanol–water partition coefficient (Wildman–Crippen LogP) is -0.00550. The molecule has 0 aromatic heterocycles. The van der Waals surface area contributed by atoms with Crippen molar-refractivity contribution in [2.24, 2.45) is 11.8 Å². The standard InChI is InChI=1S/C12H22N2O5S/c1-9-3-5-14(6-4-9)20(17,18)13(2)11-8-19-7-10(11)12(15)16/h9-11H,3-8H2,1-2H3,(H,15,16). The number of hydrogen-bond acceptors (Lipinski definition) is 4. The summed E-state index contributed by atoms with van der Waals surface area (Å²) in [4.78, 5) is 11.1. The topological polar surface area (TPSA) is 87.2 Å². The molecule has 0 saturated carbocycles. The van der Waals surface area contributed by atoms with E-state index in [-0.39, 0.29) is 13.2 Å². The Balaban J connectivity index is 2.10. The van der Waals surface area contributed by atoms with Crippen LogP contribution in [0.25, 0.3) is 0 Å². The first-order chi connectivity index (χ1) is 9.34. The van der Waals surface area contributed by atoms with Crippen LogP contribution in [0.4, 0.5) is 0 Å². The smallest absolute Gasteiger partial charge is 0.310 e. The number of nitrogens with zero attached hydrogens (tertiary/aromatic N) is 2. The molecule has 2 rings (SSSR count). The van der Waals surface area contributed by atoms with Crippen molar-refractivity contribution in [3.63, 3.8) is 0 Å². The highest BCUT2D eigenvalue weighted by molar-refractivity contribution is 7.86. The van der Waals surface area contributed by atoms with Crippen LogP contribution in [-0.4, -0.2) is 67.5 Å². The second kappa shape index (κ2) is 5.97. The average molecular weight is 306 g/mol. The molecule has 2 unspecified atom stereocenters. The molecular weight excluding hydrogens is 284 g/mol. The molecule has 2 heterocycles. The van der Waals surface area contributed by atoms with Crippen molar-refractivity contribution in [1.82, 2.24) is 8.61 Å². The van der Waals surface area contributed by atoms with E-state index in [4.69, 9.17) is 9.84 Å². The lowest BCUT2D eigenvalue weighted by Gasteiger charge is -2.35. The number of carboxylic acid groups (broad SMARTS) is 1. The number of piperidine rings is 1. The van der Waals surface area contributed by atoms with E-state index < -0.39 is 28.1 Å². The number of rotatable bonds is 4. The minimum atomic E-state index is -3.61. The summed E-state index contributed by atoms with van der Waals surface area (Å²) in [7, 11) is -2.16. The number of aliphatic carboxylic acids is 1. The van der Waals surface area contributed by atoms with Crippen LogP contribution in [0.3, 0.4) is 0 Å². The molecule has 0 radical (unpaired) electrons. The molecule has 116 valence electrons. The zero-order chi connectivity index (χ0) is 14.9. The Kier molecular flexibility index (Phi) is 4.68. The predicted molar refractivity (Wildman–Crippen MR) is 72.4 cm³/mol. The molecule has 2 fully saturated rings. The largest absolute Gasteiger partial charge is 0.481 e. The lowest BCUT2D eigenvalue weighted by atomic mass is 10.0. The first-order valence-electron chi connectivity index (χ1n) is 6.87. The van der Waals surface area contributed by atoms with Crippen LogP contribution < -0.4 is 0 Å². The van der Waals surface area contributed by atoms with Gasteiger partial charge in [-0.25, -0.2) is 0 Å². The Morgan fingerprint density at radius 2 is 1.90 bits per heavy atom. The first-order valence-corrected chi connectivity index (χ1v) is 8.27. The number of likely N-dealkylation sites (N-methyl/N-ethyl adjacent to an activating group) is 1. The van der Waals surface area contributed by atoms with Crippen molar-refractivity contribution >= 4 is 16.2 Å². The second-order valence-electron chi connectivity index (χ2n) is 5.66. The zero-order valence-electron chi connectivity index (χ0n) is 11.9. The second-order valence-corrected chi connectivity index (χ2v) is 7.64. The van der Waals surface area contributed by atoms with Crippen molar-refractivity contribution in [3.8, 4) is 0 Å². The van der Waals surface area contributed by atoms with Gasteiger partial charge in [0.25, 0.3) is 10.2 Å². The van der Waals surface area contributed by atoms with Gasteiger partial charge in [0.15, 0.2) is 0 Å². The van der Waals surface area contributed by atoms with Gasteiger partial charge >= 0.3 is 5.97 Å². The van der Waals surface area contributed by atoms with Crippen LogP contribution in [0.2, 0.25) is 0 Å². The maximum absolute atomic E-state index is 12.6. The van der Waals surface area contributed by atoms with Gasteiger partial charge in [-0.15, -0.1) is 0 Å². The molecule has 2 aliphatic heterocycles. The summed E-state index contributed by atoms with van der Waals surface area (Å²) >= 11 is 0. The number of carboxylic acids is 1. The summed E-state index contributed by atoms with van der Waals surface area (Å²) in [6.07, 6.45) is 1.69. The van der Waals surface area contributed by atoms with Crippen molar-refractivity contribution in [3.05, 3.63) is 0 Å². The van der Waals surface area contributed by atoms with Gasteiger partial charge in [-0.2, -0.15) is 17.0 Å². The lowest BCUT2D eigenvalue weighted by Crippen LogP contribution is -2.51. The molecule has 1 N–H and O–H groups in total. The summed E-state index contributed by atoms with van der Waals surface area (Å²) in [5, 5.41) is 9.13. The van der Waals surface area contributed by atoms with Gasteiger partial charge in [0.05, 0.1) is 25.2 Å². The van der Waals surface area contributed by atoms with Crippen LogP contribution in [0.1, 0.15) is 19.8 Å². The Morgan fingerprint density at radius 1 is 1.30 bits per heavy atom. The summed E-state index contributed by atoms with van der Waals surface area (Å²) in [6.45, 7) is 3.31. The molecule has 0 bridgehead atoms.